The van der Waals surface area contributed by atoms with Gasteiger partial charge in [0.25, 0.3) is 0 Å². The molecule has 7 heteroatoms. The summed E-state index contributed by atoms with van der Waals surface area (Å²) in [6.07, 6.45) is 2.71. The van der Waals surface area contributed by atoms with Crippen molar-refractivity contribution < 1.29 is 14.6 Å². The fraction of sp³-hybridized carbons (Fsp3) is 0.156. The molecule has 0 aliphatic carbocycles. The molecular formula is C32H31N3O3S. The molecule has 5 aromatic rings. The standard InChI is InChI=1S/C32H31N3O3S/c1-37-26-14-10-23(11-15-26)20-35(21-24-12-16-27(38-2)17-13-24)39-28-7-5-6-25(18-28)32(36)30-9-4-3-8-29(30)31-19-33-22-34-31/h3-19,22,32,36H,20-21H2,1-2H3,(H,33,34). The van der Waals surface area contributed by atoms with E-state index in [9.17, 15) is 5.11 Å². The number of aromatic amines is 1. The lowest BCUT2D eigenvalue weighted by Crippen LogP contribution is -2.15. The maximum atomic E-state index is 11.4. The Balaban J connectivity index is 1.39. The number of rotatable bonds is 11. The number of nitrogens with zero attached hydrogens (tertiary/aromatic N) is 2. The molecule has 198 valence electrons. The molecule has 39 heavy (non-hydrogen) atoms. The summed E-state index contributed by atoms with van der Waals surface area (Å²) < 4.78 is 13.0. The predicted octanol–water partition coefficient (Wildman–Crippen LogP) is 6.89. The molecule has 0 saturated carbocycles. The van der Waals surface area contributed by atoms with Crippen LogP contribution in [0.4, 0.5) is 0 Å². The van der Waals surface area contributed by atoms with Crippen LogP contribution in [0.2, 0.25) is 0 Å². The average Bonchev–Trinajstić information content (AvgIpc) is 3.53. The van der Waals surface area contributed by atoms with Crippen LogP contribution in [0.1, 0.15) is 28.4 Å². The molecule has 0 spiro atoms. The van der Waals surface area contributed by atoms with Crippen LogP contribution < -0.4 is 9.47 Å². The molecule has 0 aliphatic heterocycles. The Morgan fingerprint density at radius 1 is 0.821 bits per heavy atom. The van der Waals surface area contributed by atoms with Gasteiger partial charge in [-0.1, -0.05) is 60.7 Å². The number of nitrogens with one attached hydrogen (secondary N) is 1. The van der Waals surface area contributed by atoms with Crippen LogP contribution in [0.5, 0.6) is 11.5 Å². The minimum atomic E-state index is -0.782. The van der Waals surface area contributed by atoms with Gasteiger partial charge in [0.15, 0.2) is 0 Å². The van der Waals surface area contributed by atoms with Crippen molar-refractivity contribution in [1.29, 1.82) is 0 Å². The quantitative estimate of drug-likeness (QED) is 0.179. The second-order valence-electron chi connectivity index (χ2n) is 9.10. The number of hydrogen-bond donors (Lipinski definition) is 2. The van der Waals surface area contributed by atoms with Gasteiger partial charge in [-0.15, -0.1) is 0 Å². The molecule has 6 nitrogen and oxygen atoms in total. The van der Waals surface area contributed by atoms with E-state index in [4.69, 9.17) is 9.47 Å². The van der Waals surface area contributed by atoms with Crippen molar-refractivity contribution >= 4 is 11.9 Å². The van der Waals surface area contributed by atoms with Crippen LogP contribution in [0.3, 0.4) is 0 Å². The number of aliphatic hydroxyl groups is 1. The van der Waals surface area contributed by atoms with Gasteiger partial charge >= 0.3 is 0 Å². The van der Waals surface area contributed by atoms with Crippen LogP contribution in [-0.4, -0.2) is 33.6 Å². The van der Waals surface area contributed by atoms with Crippen molar-refractivity contribution in [2.75, 3.05) is 14.2 Å². The SMILES string of the molecule is COc1ccc(CN(Cc2ccc(OC)cc2)Sc2cccc(C(O)c3ccccc3-c3c[nH]cn3)c2)cc1. The second kappa shape index (κ2) is 12.7. The molecule has 1 aromatic heterocycles. The molecule has 5 rings (SSSR count). The van der Waals surface area contributed by atoms with Gasteiger partial charge in [-0.2, -0.15) is 0 Å². The van der Waals surface area contributed by atoms with Crippen molar-refractivity contribution in [3.8, 4) is 22.8 Å². The molecule has 0 fully saturated rings. The lowest BCUT2D eigenvalue weighted by atomic mass is 9.95. The van der Waals surface area contributed by atoms with E-state index in [-0.39, 0.29) is 0 Å². The van der Waals surface area contributed by atoms with Crippen LogP contribution in [0, 0.1) is 0 Å². The summed E-state index contributed by atoms with van der Waals surface area (Å²) in [5, 5.41) is 11.4. The highest BCUT2D eigenvalue weighted by Crippen LogP contribution is 2.34. The summed E-state index contributed by atoms with van der Waals surface area (Å²) in [5.74, 6) is 1.68. The van der Waals surface area contributed by atoms with Gasteiger partial charge < -0.3 is 19.6 Å². The Labute approximate surface area is 233 Å². The molecule has 0 radical (unpaired) electrons. The summed E-state index contributed by atoms with van der Waals surface area (Å²) in [4.78, 5) is 8.44. The van der Waals surface area contributed by atoms with Crippen LogP contribution in [-0.2, 0) is 13.1 Å². The largest absolute Gasteiger partial charge is 0.497 e. The number of H-pyrrole nitrogens is 1. The third-order valence-corrected chi connectivity index (χ3v) is 7.46. The first-order valence-corrected chi connectivity index (χ1v) is 13.4. The zero-order valence-electron chi connectivity index (χ0n) is 22.0. The summed E-state index contributed by atoms with van der Waals surface area (Å²) >= 11 is 1.67. The molecule has 0 amide bonds. The zero-order chi connectivity index (χ0) is 27.0. The van der Waals surface area contributed by atoms with E-state index in [1.54, 1.807) is 32.5 Å². The van der Waals surface area contributed by atoms with Gasteiger partial charge in [0, 0.05) is 29.7 Å². The number of methoxy groups -OCH3 is 2. The summed E-state index contributed by atoms with van der Waals surface area (Å²) in [7, 11) is 3.35. The average molecular weight is 538 g/mol. The van der Waals surface area contributed by atoms with E-state index in [2.05, 4.69) is 50.7 Å². The monoisotopic (exact) mass is 537 g/mol. The molecule has 1 atom stereocenters. The van der Waals surface area contributed by atoms with Crippen LogP contribution in [0.15, 0.2) is 114 Å². The fourth-order valence-electron chi connectivity index (χ4n) is 4.44. The Hall–Kier alpha value is -4.04. The smallest absolute Gasteiger partial charge is 0.118 e. The maximum Gasteiger partial charge on any atom is 0.118 e. The van der Waals surface area contributed by atoms with Gasteiger partial charge in [0.1, 0.15) is 17.6 Å². The number of imidazole rings is 1. The highest BCUT2D eigenvalue weighted by atomic mass is 32.2. The number of benzene rings is 4. The van der Waals surface area contributed by atoms with Crippen LogP contribution in [0.25, 0.3) is 11.3 Å². The van der Waals surface area contributed by atoms with E-state index >= 15 is 0 Å². The maximum absolute atomic E-state index is 11.4. The molecule has 0 aliphatic rings. The minimum absolute atomic E-state index is 0.732. The fourth-order valence-corrected chi connectivity index (χ4v) is 5.49. The minimum Gasteiger partial charge on any atom is -0.497 e. The normalized spacial score (nSPS) is 11.9. The Bertz CT molecular complexity index is 1420. The third-order valence-electron chi connectivity index (χ3n) is 6.47. The number of ether oxygens (including phenoxy) is 2. The summed E-state index contributed by atoms with van der Waals surface area (Å²) in [6.45, 7) is 1.46. The zero-order valence-corrected chi connectivity index (χ0v) is 22.8. The first-order valence-electron chi connectivity index (χ1n) is 12.7. The topological polar surface area (TPSA) is 70.6 Å². The molecular weight excluding hydrogens is 506 g/mol. The number of aliphatic hydroxyl groups excluding tert-OH is 1. The van der Waals surface area contributed by atoms with Crippen LogP contribution >= 0.6 is 11.9 Å². The highest BCUT2D eigenvalue weighted by Gasteiger charge is 2.18. The van der Waals surface area contributed by atoms with Crippen molar-refractivity contribution in [2.45, 2.75) is 24.1 Å². The first-order chi connectivity index (χ1) is 19.1. The Morgan fingerprint density at radius 2 is 1.46 bits per heavy atom. The van der Waals surface area contributed by atoms with Gasteiger partial charge in [-0.3, -0.25) is 0 Å². The lowest BCUT2D eigenvalue weighted by molar-refractivity contribution is 0.220. The van der Waals surface area contributed by atoms with Gasteiger partial charge in [0.2, 0.25) is 0 Å². The van der Waals surface area contributed by atoms with E-state index in [1.165, 1.54) is 11.1 Å². The van der Waals surface area contributed by atoms with Crippen molar-refractivity contribution in [3.05, 3.63) is 132 Å². The predicted molar refractivity (Wildman–Crippen MR) is 156 cm³/mol. The van der Waals surface area contributed by atoms with E-state index in [1.807, 2.05) is 66.9 Å². The van der Waals surface area contributed by atoms with E-state index in [0.717, 1.165) is 51.9 Å². The van der Waals surface area contributed by atoms with Crippen molar-refractivity contribution in [2.24, 2.45) is 0 Å². The Morgan fingerprint density at radius 3 is 2.05 bits per heavy atom. The van der Waals surface area contributed by atoms with Gasteiger partial charge in [-0.25, -0.2) is 9.29 Å². The summed E-state index contributed by atoms with van der Waals surface area (Å²) in [6, 6.07) is 32.2. The van der Waals surface area contributed by atoms with E-state index < -0.39 is 6.10 Å². The lowest BCUT2D eigenvalue weighted by Gasteiger charge is -2.23. The molecule has 0 bridgehead atoms. The first kappa shape index (κ1) is 26.6. The molecule has 1 unspecified atom stereocenters. The molecule has 1 heterocycles. The Kier molecular flexibility index (Phi) is 8.63. The summed E-state index contributed by atoms with van der Waals surface area (Å²) in [5.41, 5.74) is 5.73. The third kappa shape index (κ3) is 6.70. The van der Waals surface area contributed by atoms with Gasteiger partial charge in [-0.05, 0) is 70.6 Å². The van der Waals surface area contributed by atoms with Crippen molar-refractivity contribution in [3.63, 3.8) is 0 Å². The van der Waals surface area contributed by atoms with Gasteiger partial charge in [0.05, 0.1) is 26.2 Å². The van der Waals surface area contributed by atoms with Crippen molar-refractivity contribution in [1.82, 2.24) is 14.3 Å². The molecule has 4 aromatic carbocycles. The number of hydrogen-bond acceptors (Lipinski definition) is 6. The molecule has 0 saturated heterocycles. The number of aromatic nitrogens is 2. The second-order valence-corrected chi connectivity index (χ2v) is 10.3. The highest BCUT2D eigenvalue weighted by molar-refractivity contribution is 7.97. The van der Waals surface area contributed by atoms with E-state index in [0.29, 0.717) is 0 Å². The molecule has 2 N–H and O–H groups in total.